The summed E-state index contributed by atoms with van der Waals surface area (Å²) >= 11 is 0. The summed E-state index contributed by atoms with van der Waals surface area (Å²) in [5, 5.41) is 4.30. The highest BCUT2D eigenvalue weighted by atomic mass is 16.7. The molecule has 4 aliphatic rings. The first-order valence-electron chi connectivity index (χ1n) is 12.4. The molecule has 3 heterocycles. The number of H-pyrrole nitrogens is 1. The van der Waals surface area contributed by atoms with Gasteiger partial charge in [-0.1, -0.05) is 19.0 Å². The van der Waals surface area contributed by atoms with E-state index in [2.05, 4.69) is 10.1 Å². The summed E-state index contributed by atoms with van der Waals surface area (Å²) in [5.41, 5.74) is 1.14. The molecule has 34 heavy (non-hydrogen) atoms. The number of fused-ring (bicyclic) bond motifs is 4. The summed E-state index contributed by atoms with van der Waals surface area (Å²) in [4.78, 5) is 51.7. The number of imidazole rings is 1. The van der Waals surface area contributed by atoms with Crippen molar-refractivity contribution in [2.24, 2.45) is 10.6 Å². The van der Waals surface area contributed by atoms with Crippen LogP contribution in [0.1, 0.15) is 77.5 Å². The van der Waals surface area contributed by atoms with Crippen LogP contribution in [0.3, 0.4) is 0 Å². The van der Waals surface area contributed by atoms with Gasteiger partial charge in [0.15, 0.2) is 5.65 Å². The van der Waals surface area contributed by atoms with Crippen LogP contribution in [0.5, 0.6) is 0 Å². The lowest BCUT2D eigenvalue weighted by atomic mass is 9.51. The first kappa shape index (κ1) is 22.9. The summed E-state index contributed by atoms with van der Waals surface area (Å²) in [6.45, 7) is 4.90. The second-order valence-corrected chi connectivity index (χ2v) is 10.1. The zero-order valence-corrected chi connectivity index (χ0v) is 20.2. The van der Waals surface area contributed by atoms with Gasteiger partial charge >= 0.3 is 11.7 Å². The third-order valence-electron chi connectivity index (χ3n) is 8.25. The highest BCUT2D eigenvalue weighted by molar-refractivity contribution is 5.95. The van der Waals surface area contributed by atoms with Gasteiger partial charge in [-0.25, -0.2) is 14.6 Å². The van der Waals surface area contributed by atoms with Crippen molar-refractivity contribution in [3.63, 3.8) is 0 Å². The van der Waals surface area contributed by atoms with Gasteiger partial charge in [0.2, 0.25) is 6.10 Å². The molecule has 1 atom stereocenters. The highest BCUT2D eigenvalue weighted by Crippen LogP contribution is 2.58. The first-order valence-corrected chi connectivity index (χ1v) is 12.4. The van der Waals surface area contributed by atoms with Gasteiger partial charge in [-0.3, -0.25) is 13.9 Å². The van der Waals surface area contributed by atoms with E-state index in [1.165, 1.54) is 11.7 Å². The Labute approximate surface area is 197 Å². The Balaban J connectivity index is 1.46. The van der Waals surface area contributed by atoms with Crippen molar-refractivity contribution in [3.8, 4) is 0 Å². The summed E-state index contributed by atoms with van der Waals surface area (Å²) in [7, 11) is 1.36. The number of nitrogens with zero attached hydrogens (tertiary/aromatic N) is 4. The van der Waals surface area contributed by atoms with Crippen LogP contribution in [0.15, 0.2) is 14.7 Å². The second kappa shape index (κ2) is 8.39. The zero-order chi connectivity index (χ0) is 24.1. The van der Waals surface area contributed by atoms with E-state index >= 15 is 0 Å². The Bertz CT molecular complexity index is 1240. The molecule has 3 aliphatic carbocycles. The Hall–Kier alpha value is -2.91. The molecule has 1 aliphatic heterocycles. The molecule has 6 rings (SSSR count). The number of oxime groups is 1. The van der Waals surface area contributed by atoms with Crippen LogP contribution < -0.4 is 11.2 Å². The van der Waals surface area contributed by atoms with Crippen LogP contribution in [0.2, 0.25) is 0 Å². The molecule has 1 N–H and O–H groups in total. The summed E-state index contributed by atoms with van der Waals surface area (Å²) < 4.78 is 7.80. The number of aryl methyl sites for hydroxylation is 1. The molecule has 0 amide bonds. The lowest BCUT2D eigenvalue weighted by Crippen LogP contribution is -2.48. The number of methoxy groups -OCH3 is 1. The monoisotopic (exact) mass is 471 g/mol. The van der Waals surface area contributed by atoms with Gasteiger partial charge in [-0.05, 0) is 51.4 Å². The van der Waals surface area contributed by atoms with Gasteiger partial charge in [-0.2, -0.15) is 0 Å². The quantitative estimate of drug-likeness (QED) is 0.620. The fourth-order valence-electron chi connectivity index (χ4n) is 6.19. The number of ether oxygens (including phenoxy) is 1. The molecule has 0 saturated heterocycles. The van der Waals surface area contributed by atoms with E-state index in [1.807, 2.05) is 13.8 Å². The predicted octanol–water partition coefficient (Wildman–Crippen LogP) is 2.62. The van der Waals surface area contributed by atoms with E-state index in [0.717, 1.165) is 56.5 Å². The fraction of sp³-hybridized carbons (Fsp3) is 0.708. The van der Waals surface area contributed by atoms with E-state index < -0.39 is 6.10 Å². The molecule has 0 spiro atoms. The van der Waals surface area contributed by atoms with Crippen LogP contribution in [-0.2, 0) is 32.9 Å². The standard InChI is InChI=1S/C24H33N5O5/c1-4-12-28-18-17(19(30)29(13-5-2)22(28)32)25-21(26-18)24-9-6-23(7-10-24,8-11-24)16-14-15(34-27-16)20(31)33-3/h15H,4-14H2,1-3H3,(H,25,26). The molecule has 10 heteroatoms. The van der Waals surface area contributed by atoms with Crippen molar-refractivity contribution < 1.29 is 14.4 Å². The molecular formula is C24H33N5O5. The number of hydrogen-bond acceptors (Lipinski definition) is 7. The molecule has 2 bridgehead atoms. The molecule has 3 fully saturated rings. The molecule has 2 aromatic rings. The van der Waals surface area contributed by atoms with Gasteiger partial charge in [0.05, 0.1) is 12.8 Å². The van der Waals surface area contributed by atoms with Crippen molar-refractivity contribution in [2.75, 3.05) is 7.11 Å². The highest BCUT2D eigenvalue weighted by Gasteiger charge is 2.54. The van der Waals surface area contributed by atoms with Gasteiger partial charge in [0.1, 0.15) is 11.3 Å². The van der Waals surface area contributed by atoms with Crippen LogP contribution >= 0.6 is 0 Å². The van der Waals surface area contributed by atoms with Gasteiger partial charge in [0, 0.05) is 30.3 Å². The Morgan fingerprint density at radius 3 is 2.29 bits per heavy atom. The minimum atomic E-state index is -0.640. The minimum absolute atomic E-state index is 0.0469. The number of carbonyl (C=O) groups excluding carboxylic acids is 1. The molecule has 184 valence electrons. The Kier molecular flexibility index (Phi) is 5.64. The van der Waals surface area contributed by atoms with Crippen molar-refractivity contribution in [2.45, 2.75) is 96.2 Å². The predicted molar refractivity (Wildman–Crippen MR) is 126 cm³/mol. The second-order valence-electron chi connectivity index (χ2n) is 10.1. The van der Waals surface area contributed by atoms with Gasteiger partial charge in [-0.15, -0.1) is 0 Å². The van der Waals surface area contributed by atoms with Crippen LogP contribution in [-0.4, -0.2) is 44.0 Å². The largest absolute Gasteiger partial charge is 0.466 e. The van der Waals surface area contributed by atoms with E-state index in [4.69, 9.17) is 14.6 Å². The number of hydrogen-bond donors (Lipinski definition) is 1. The van der Waals surface area contributed by atoms with Gasteiger partial charge < -0.3 is 14.6 Å². The summed E-state index contributed by atoms with van der Waals surface area (Å²) in [6.07, 6.45) is 6.88. The van der Waals surface area contributed by atoms with E-state index in [-0.39, 0.29) is 28.0 Å². The number of rotatable bonds is 7. The maximum absolute atomic E-state index is 13.1. The van der Waals surface area contributed by atoms with Crippen molar-refractivity contribution in [1.82, 2.24) is 19.1 Å². The summed E-state index contributed by atoms with van der Waals surface area (Å²) in [5.74, 6) is 0.439. The van der Waals surface area contributed by atoms with Crippen LogP contribution in [0, 0.1) is 5.41 Å². The van der Waals surface area contributed by atoms with E-state index in [1.54, 1.807) is 4.57 Å². The maximum atomic E-state index is 13.1. The maximum Gasteiger partial charge on any atom is 0.350 e. The van der Waals surface area contributed by atoms with Crippen molar-refractivity contribution >= 4 is 22.8 Å². The third kappa shape index (κ3) is 3.32. The fourth-order valence-corrected chi connectivity index (χ4v) is 6.19. The summed E-state index contributed by atoms with van der Waals surface area (Å²) in [6, 6.07) is 0. The number of nitrogens with one attached hydrogen (secondary N) is 1. The minimum Gasteiger partial charge on any atom is -0.466 e. The number of carbonyl (C=O) groups is 1. The van der Waals surface area contributed by atoms with Crippen molar-refractivity contribution in [1.29, 1.82) is 0 Å². The number of aromatic nitrogens is 4. The molecule has 0 radical (unpaired) electrons. The van der Waals surface area contributed by atoms with Crippen LogP contribution in [0.4, 0.5) is 0 Å². The SMILES string of the molecule is CCCn1c(=O)c2[nH]c(C34CCC(C5=NOC(C(=O)OC)C5)(CC3)CC4)nc2n(CCC)c1=O. The first-order chi connectivity index (χ1) is 16.4. The molecule has 0 aromatic carbocycles. The number of esters is 1. The molecule has 2 aromatic heterocycles. The van der Waals surface area contributed by atoms with Crippen molar-refractivity contribution in [3.05, 3.63) is 26.7 Å². The third-order valence-corrected chi connectivity index (χ3v) is 8.25. The van der Waals surface area contributed by atoms with Crippen LogP contribution in [0.25, 0.3) is 11.2 Å². The lowest BCUT2D eigenvalue weighted by Gasteiger charge is -2.52. The van der Waals surface area contributed by atoms with E-state index in [0.29, 0.717) is 37.1 Å². The molecule has 3 saturated carbocycles. The number of aromatic amines is 1. The smallest absolute Gasteiger partial charge is 0.350 e. The lowest BCUT2D eigenvalue weighted by molar-refractivity contribution is -0.152. The zero-order valence-electron chi connectivity index (χ0n) is 20.2. The normalized spacial score (nSPS) is 28.2. The Morgan fingerprint density at radius 1 is 1.06 bits per heavy atom. The molecular weight excluding hydrogens is 438 g/mol. The molecule has 10 nitrogen and oxygen atoms in total. The average molecular weight is 472 g/mol. The van der Waals surface area contributed by atoms with E-state index in [9.17, 15) is 14.4 Å². The topological polar surface area (TPSA) is 121 Å². The average Bonchev–Trinajstić information content (AvgIpc) is 3.54. The Morgan fingerprint density at radius 2 is 1.68 bits per heavy atom. The van der Waals surface area contributed by atoms with Gasteiger partial charge in [0.25, 0.3) is 5.56 Å². The molecule has 1 unspecified atom stereocenters.